The molecule has 0 aromatic carbocycles. The Hall–Kier alpha value is -1.52. The zero-order valence-electron chi connectivity index (χ0n) is 12.4. The number of carbonyl (C=O) groups excluding carboxylic acids is 1. The first-order chi connectivity index (χ1) is 9.67. The number of amides is 2. The van der Waals surface area contributed by atoms with Crippen molar-refractivity contribution in [3.05, 3.63) is 18.2 Å². The van der Waals surface area contributed by atoms with Crippen LogP contribution in [0.15, 0.2) is 12.4 Å². The Labute approximate surface area is 120 Å². The molecule has 3 heterocycles. The summed E-state index contributed by atoms with van der Waals surface area (Å²) in [6.07, 6.45) is 8.18. The van der Waals surface area contributed by atoms with Crippen molar-refractivity contribution in [3.8, 4) is 0 Å². The Morgan fingerprint density at radius 2 is 2.25 bits per heavy atom. The summed E-state index contributed by atoms with van der Waals surface area (Å²) in [4.78, 5) is 18.8. The first-order valence-corrected chi connectivity index (χ1v) is 7.74. The molecule has 1 aromatic rings. The van der Waals surface area contributed by atoms with Gasteiger partial charge in [0, 0.05) is 32.0 Å². The van der Waals surface area contributed by atoms with Crippen LogP contribution in [0.4, 0.5) is 4.79 Å². The summed E-state index contributed by atoms with van der Waals surface area (Å²) in [6, 6.07) is 0.158. The Morgan fingerprint density at radius 1 is 1.45 bits per heavy atom. The molecule has 5 nitrogen and oxygen atoms in total. The van der Waals surface area contributed by atoms with Gasteiger partial charge in [-0.25, -0.2) is 9.78 Å². The minimum atomic E-state index is 0.0789. The molecule has 0 radical (unpaired) electrons. The van der Waals surface area contributed by atoms with Crippen LogP contribution < -0.4 is 5.32 Å². The SMILES string of the molecule is CCC1(CC)CCN(C(=O)NC2CCn3ccnc32)C1. The number of hydrogen-bond acceptors (Lipinski definition) is 2. The predicted molar refractivity (Wildman–Crippen MR) is 77.3 cm³/mol. The molecule has 1 saturated heterocycles. The second-order valence-corrected chi connectivity index (χ2v) is 6.15. The van der Waals surface area contributed by atoms with E-state index in [1.807, 2.05) is 17.3 Å². The van der Waals surface area contributed by atoms with E-state index < -0.39 is 0 Å². The Morgan fingerprint density at radius 3 is 2.95 bits per heavy atom. The standard InChI is InChI=1S/C15H24N4O/c1-3-15(4-2)6-9-19(11-15)14(20)17-12-5-8-18-10-7-16-13(12)18/h7,10,12H,3-6,8-9,11H2,1-2H3,(H,17,20). The van der Waals surface area contributed by atoms with Crippen LogP contribution in [0.3, 0.4) is 0 Å². The van der Waals surface area contributed by atoms with Gasteiger partial charge >= 0.3 is 6.03 Å². The lowest BCUT2D eigenvalue weighted by Gasteiger charge is -2.27. The smallest absolute Gasteiger partial charge is 0.318 e. The van der Waals surface area contributed by atoms with Gasteiger partial charge in [0.05, 0.1) is 6.04 Å². The molecule has 1 aromatic heterocycles. The lowest BCUT2D eigenvalue weighted by atomic mass is 9.82. The number of urea groups is 1. The number of aromatic nitrogens is 2. The van der Waals surface area contributed by atoms with E-state index in [1.165, 1.54) is 0 Å². The van der Waals surface area contributed by atoms with E-state index in [0.29, 0.717) is 5.41 Å². The highest BCUT2D eigenvalue weighted by atomic mass is 16.2. The van der Waals surface area contributed by atoms with Crippen LogP contribution >= 0.6 is 0 Å². The highest BCUT2D eigenvalue weighted by Crippen LogP contribution is 2.37. The van der Waals surface area contributed by atoms with Gasteiger partial charge in [-0.15, -0.1) is 0 Å². The summed E-state index contributed by atoms with van der Waals surface area (Å²) >= 11 is 0. The second-order valence-electron chi connectivity index (χ2n) is 6.15. The molecule has 5 heteroatoms. The molecule has 0 aliphatic carbocycles. The molecular weight excluding hydrogens is 252 g/mol. The molecule has 3 rings (SSSR count). The van der Waals surface area contributed by atoms with E-state index in [1.54, 1.807) is 0 Å². The van der Waals surface area contributed by atoms with Gasteiger partial charge in [0.15, 0.2) is 0 Å². The molecule has 1 N–H and O–H groups in total. The third-order valence-electron chi connectivity index (χ3n) is 5.24. The maximum atomic E-state index is 12.4. The predicted octanol–water partition coefficient (Wildman–Crippen LogP) is 2.55. The number of nitrogens with one attached hydrogen (secondary N) is 1. The van der Waals surface area contributed by atoms with Gasteiger partial charge in [0.25, 0.3) is 0 Å². The fraction of sp³-hybridized carbons (Fsp3) is 0.733. The van der Waals surface area contributed by atoms with Gasteiger partial charge in [-0.3, -0.25) is 0 Å². The van der Waals surface area contributed by atoms with Crippen LogP contribution in [0.2, 0.25) is 0 Å². The Bertz CT molecular complexity index is 492. The minimum absolute atomic E-state index is 0.0789. The van der Waals surface area contributed by atoms with Crippen molar-refractivity contribution in [1.29, 1.82) is 0 Å². The number of likely N-dealkylation sites (tertiary alicyclic amines) is 1. The van der Waals surface area contributed by atoms with E-state index in [-0.39, 0.29) is 12.1 Å². The van der Waals surface area contributed by atoms with E-state index >= 15 is 0 Å². The number of imidazole rings is 1. The van der Waals surface area contributed by atoms with E-state index in [4.69, 9.17) is 0 Å². The lowest BCUT2D eigenvalue weighted by molar-refractivity contribution is 0.192. The van der Waals surface area contributed by atoms with Gasteiger partial charge < -0.3 is 14.8 Å². The van der Waals surface area contributed by atoms with Crippen LogP contribution in [0, 0.1) is 5.41 Å². The molecule has 1 unspecified atom stereocenters. The van der Waals surface area contributed by atoms with Crippen LogP contribution in [-0.2, 0) is 6.54 Å². The maximum absolute atomic E-state index is 12.4. The molecular formula is C15H24N4O. The fourth-order valence-corrected chi connectivity index (χ4v) is 3.53. The number of carbonyl (C=O) groups is 1. The van der Waals surface area contributed by atoms with Crippen molar-refractivity contribution < 1.29 is 4.79 Å². The third-order valence-corrected chi connectivity index (χ3v) is 5.24. The molecule has 1 fully saturated rings. The average molecular weight is 276 g/mol. The zero-order chi connectivity index (χ0) is 14.2. The van der Waals surface area contributed by atoms with Gasteiger partial charge in [-0.2, -0.15) is 0 Å². The zero-order valence-corrected chi connectivity index (χ0v) is 12.4. The first-order valence-electron chi connectivity index (χ1n) is 7.74. The molecule has 2 amide bonds. The summed E-state index contributed by atoms with van der Waals surface area (Å²) in [7, 11) is 0. The number of aryl methyl sites for hydroxylation is 1. The summed E-state index contributed by atoms with van der Waals surface area (Å²) < 4.78 is 2.12. The second kappa shape index (κ2) is 5.11. The highest BCUT2D eigenvalue weighted by molar-refractivity contribution is 5.75. The van der Waals surface area contributed by atoms with Crippen molar-refractivity contribution in [2.45, 2.75) is 52.1 Å². The lowest BCUT2D eigenvalue weighted by Crippen LogP contribution is -2.41. The van der Waals surface area contributed by atoms with Crippen molar-refractivity contribution in [2.24, 2.45) is 5.41 Å². The van der Waals surface area contributed by atoms with E-state index in [9.17, 15) is 4.79 Å². The molecule has 2 aliphatic rings. The van der Waals surface area contributed by atoms with Gasteiger partial charge in [-0.05, 0) is 31.1 Å². The minimum Gasteiger partial charge on any atom is -0.333 e. The normalized spacial score (nSPS) is 23.9. The quantitative estimate of drug-likeness (QED) is 0.922. The molecule has 0 saturated carbocycles. The van der Waals surface area contributed by atoms with Gasteiger partial charge in [0.1, 0.15) is 5.82 Å². The third kappa shape index (κ3) is 2.19. The van der Waals surface area contributed by atoms with Crippen molar-refractivity contribution in [1.82, 2.24) is 19.8 Å². The summed E-state index contributed by atoms with van der Waals surface area (Å²) in [5, 5.41) is 3.15. The number of fused-ring (bicyclic) bond motifs is 1. The van der Waals surface area contributed by atoms with Crippen molar-refractivity contribution >= 4 is 6.03 Å². The monoisotopic (exact) mass is 276 g/mol. The van der Waals surface area contributed by atoms with Crippen LogP contribution in [0.1, 0.15) is 51.4 Å². The van der Waals surface area contributed by atoms with Crippen LogP contribution in [0.25, 0.3) is 0 Å². The molecule has 20 heavy (non-hydrogen) atoms. The number of rotatable bonds is 3. The van der Waals surface area contributed by atoms with Crippen LogP contribution in [-0.4, -0.2) is 33.6 Å². The largest absolute Gasteiger partial charge is 0.333 e. The highest BCUT2D eigenvalue weighted by Gasteiger charge is 2.38. The molecule has 1 atom stereocenters. The van der Waals surface area contributed by atoms with E-state index in [2.05, 4.69) is 28.7 Å². The Balaban J connectivity index is 1.61. The van der Waals surface area contributed by atoms with Crippen molar-refractivity contribution in [2.75, 3.05) is 13.1 Å². The molecule has 2 aliphatic heterocycles. The number of hydrogen-bond donors (Lipinski definition) is 1. The van der Waals surface area contributed by atoms with Crippen LogP contribution in [0.5, 0.6) is 0 Å². The van der Waals surface area contributed by atoms with Gasteiger partial charge in [-0.1, -0.05) is 13.8 Å². The van der Waals surface area contributed by atoms with E-state index in [0.717, 1.165) is 51.1 Å². The summed E-state index contributed by atoms with van der Waals surface area (Å²) in [5.74, 6) is 0.995. The maximum Gasteiger partial charge on any atom is 0.318 e. The average Bonchev–Trinajstić information content (AvgIpc) is 3.15. The topological polar surface area (TPSA) is 50.2 Å². The molecule has 0 spiro atoms. The molecule has 0 bridgehead atoms. The number of nitrogens with zero attached hydrogens (tertiary/aromatic N) is 3. The summed E-state index contributed by atoms with van der Waals surface area (Å²) in [5.41, 5.74) is 0.339. The van der Waals surface area contributed by atoms with Gasteiger partial charge in [0.2, 0.25) is 0 Å². The Kier molecular flexibility index (Phi) is 3.44. The fourth-order valence-electron chi connectivity index (χ4n) is 3.53. The first kappa shape index (κ1) is 13.5. The van der Waals surface area contributed by atoms with Crippen molar-refractivity contribution in [3.63, 3.8) is 0 Å². The summed E-state index contributed by atoms with van der Waals surface area (Å²) in [6.45, 7) is 7.20. The molecule has 110 valence electrons.